The predicted molar refractivity (Wildman–Crippen MR) is 89.3 cm³/mol. The van der Waals surface area contributed by atoms with E-state index in [9.17, 15) is 9.59 Å². The lowest BCUT2D eigenvalue weighted by Gasteiger charge is -2.22. The van der Waals surface area contributed by atoms with Gasteiger partial charge in [0.15, 0.2) is 0 Å². The second kappa shape index (κ2) is 7.52. The summed E-state index contributed by atoms with van der Waals surface area (Å²) < 4.78 is 1.36. The van der Waals surface area contributed by atoms with Crippen LogP contribution in [0, 0.1) is 0 Å². The molecule has 0 spiro atoms. The molecule has 1 aliphatic rings. The van der Waals surface area contributed by atoms with Crippen molar-refractivity contribution in [2.24, 2.45) is 0 Å². The van der Waals surface area contributed by atoms with Crippen molar-refractivity contribution in [3.63, 3.8) is 0 Å². The van der Waals surface area contributed by atoms with Crippen LogP contribution in [0.25, 0.3) is 0 Å². The van der Waals surface area contributed by atoms with E-state index in [0.717, 1.165) is 32.6 Å². The number of carbonyl (C=O) groups excluding carboxylic acids is 1. The molecule has 0 bridgehead atoms. The SMILES string of the molecule is O=C(Cn1cccnc1=O)N1CCCN(Cc2cccs2)CC1. The Balaban J connectivity index is 1.56. The maximum Gasteiger partial charge on any atom is 0.347 e. The molecule has 0 saturated carbocycles. The molecule has 3 rings (SSSR count). The summed E-state index contributed by atoms with van der Waals surface area (Å²) in [5, 5.41) is 2.09. The molecule has 1 amide bonds. The number of amides is 1. The third-order valence-corrected chi connectivity index (χ3v) is 4.85. The van der Waals surface area contributed by atoms with Crippen LogP contribution in [-0.2, 0) is 17.9 Å². The second-order valence-corrected chi connectivity index (χ2v) is 6.65. The molecule has 0 radical (unpaired) electrons. The molecule has 2 aromatic heterocycles. The van der Waals surface area contributed by atoms with E-state index in [1.165, 1.54) is 15.6 Å². The van der Waals surface area contributed by atoms with E-state index >= 15 is 0 Å². The Morgan fingerprint density at radius 3 is 2.91 bits per heavy atom. The van der Waals surface area contributed by atoms with E-state index in [1.807, 2.05) is 4.90 Å². The summed E-state index contributed by atoms with van der Waals surface area (Å²) in [6.45, 7) is 4.33. The normalized spacial score (nSPS) is 16.3. The fraction of sp³-hybridized carbons (Fsp3) is 0.438. The first-order valence-corrected chi connectivity index (χ1v) is 8.64. The first-order chi connectivity index (χ1) is 11.2. The molecule has 1 saturated heterocycles. The Kier molecular flexibility index (Phi) is 5.19. The van der Waals surface area contributed by atoms with Gasteiger partial charge in [0.25, 0.3) is 0 Å². The average molecular weight is 332 g/mol. The number of hydrogen-bond donors (Lipinski definition) is 0. The topological polar surface area (TPSA) is 58.4 Å². The van der Waals surface area contributed by atoms with Gasteiger partial charge in [-0.2, -0.15) is 0 Å². The van der Waals surface area contributed by atoms with Gasteiger partial charge in [0.2, 0.25) is 5.91 Å². The largest absolute Gasteiger partial charge is 0.347 e. The van der Waals surface area contributed by atoms with Crippen LogP contribution < -0.4 is 5.69 Å². The van der Waals surface area contributed by atoms with Crippen LogP contribution in [0.3, 0.4) is 0 Å². The Morgan fingerprint density at radius 2 is 2.13 bits per heavy atom. The van der Waals surface area contributed by atoms with E-state index in [1.54, 1.807) is 23.6 Å². The number of thiophene rings is 1. The van der Waals surface area contributed by atoms with E-state index < -0.39 is 0 Å². The van der Waals surface area contributed by atoms with Gasteiger partial charge in [-0.25, -0.2) is 9.78 Å². The van der Waals surface area contributed by atoms with Crippen molar-refractivity contribution < 1.29 is 4.79 Å². The van der Waals surface area contributed by atoms with Crippen molar-refractivity contribution in [3.05, 3.63) is 51.3 Å². The van der Waals surface area contributed by atoms with Gasteiger partial charge in [-0.15, -0.1) is 11.3 Å². The van der Waals surface area contributed by atoms with Crippen LogP contribution in [0.4, 0.5) is 0 Å². The summed E-state index contributed by atoms with van der Waals surface area (Å²) in [5.41, 5.74) is -0.380. The number of nitrogens with zero attached hydrogens (tertiary/aromatic N) is 4. The Bertz CT molecular complexity index is 698. The molecule has 0 aliphatic carbocycles. The predicted octanol–water partition coefficient (Wildman–Crippen LogP) is 1.04. The smallest absolute Gasteiger partial charge is 0.340 e. The zero-order chi connectivity index (χ0) is 16.1. The number of rotatable bonds is 4. The van der Waals surface area contributed by atoms with E-state index in [-0.39, 0.29) is 18.1 Å². The van der Waals surface area contributed by atoms with Gasteiger partial charge in [0.05, 0.1) is 0 Å². The monoisotopic (exact) mass is 332 g/mol. The molecule has 0 N–H and O–H groups in total. The highest BCUT2D eigenvalue weighted by Gasteiger charge is 2.19. The van der Waals surface area contributed by atoms with Gasteiger partial charge in [-0.3, -0.25) is 14.3 Å². The standard InChI is InChI=1S/C16H20N4O2S/c21-15(13-20-7-2-5-17-16(20)22)19-8-3-6-18(9-10-19)12-14-4-1-11-23-14/h1-2,4-5,7,11H,3,6,8-10,12-13H2. The first-order valence-electron chi connectivity index (χ1n) is 7.76. The van der Waals surface area contributed by atoms with Gasteiger partial charge < -0.3 is 4.90 Å². The molecule has 0 aromatic carbocycles. The molecule has 122 valence electrons. The van der Waals surface area contributed by atoms with Crippen LogP contribution >= 0.6 is 11.3 Å². The minimum absolute atomic E-state index is 0.0157. The molecule has 0 unspecified atom stereocenters. The van der Waals surface area contributed by atoms with E-state index in [4.69, 9.17) is 0 Å². The summed E-state index contributed by atoms with van der Waals surface area (Å²) in [7, 11) is 0. The number of hydrogen-bond acceptors (Lipinski definition) is 5. The third-order valence-electron chi connectivity index (χ3n) is 3.99. The molecular weight excluding hydrogens is 312 g/mol. The molecule has 1 fully saturated rings. The highest BCUT2D eigenvalue weighted by atomic mass is 32.1. The zero-order valence-electron chi connectivity index (χ0n) is 12.9. The van der Waals surface area contributed by atoms with Gasteiger partial charge in [0, 0.05) is 50.0 Å². The minimum Gasteiger partial charge on any atom is -0.340 e. The van der Waals surface area contributed by atoms with Crippen molar-refractivity contribution in [3.8, 4) is 0 Å². The molecular formula is C16H20N4O2S. The van der Waals surface area contributed by atoms with Crippen molar-refractivity contribution in [1.29, 1.82) is 0 Å². The lowest BCUT2D eigenvalue weighted by atomic mass is 10.3. The fourth-order valence-electron chi connectivity index (χ4n) is 2.75. The average Bonchev–Trinajstić information content (AvgIpc) is 2.94. The van der Waals surface area contributed by atoms with Crippen molar-refractivity contribution >= 4 is 17.2 Å². The summed E-state index contributed by atoms with van der Waals surface area (Å²) in [5.74, 6) is -0.0157. The molecule has 0 atom stereocenters. The number of aromatic nitrogens is 2. The molecule has 3 heterocycles. The third kappa shape index (κ3) is 4.27. The summed E-state index contributed by atoms with van der Waals surface area (Å²) in [4.78, 5) is 33.3. The maximum absolute atomic E-state index is 12.4. The van der Waals surface area contributed by atoms with Crippen LogP contribution in [0.5, 0.6) is 0 Å². The number of carbonyl (C=O) groups is 1. The van der Waals surface area contributed by atoms with Gasteiger partial charge >= 0.3 is 5.69 Å². The molecule has 23 heavy (non-hydrogen) atoms. The lowest BCUT2D eigenvalue weighted by Crippen LogP contribution is -2.39. The van der Waals surface area contributed by atoms with Crippen molar-refractivity contribution in [2.45, 2.75) is 19.5 Å². The zero-order valence-corrected chi connectivity index (χ0v) is 13.7. The van der Waals surface area contributed by atoms with Crippen molar-refractivity contribution in [2.75, 3.05) is 26.2 Å². The van der Waals surface area contributed by atoms with E-state index in [2.05, 4.69) is 27.4 Å². The summed E-state index contributed by atoms with van der Waals surface area (Å²) >= 11 is 1.77. The van der Waals surface area contributed by atoms with Crippen LogP contribution in [-0.4, -0.2) is 51.4 Å². The van der Waals surface area contributed by atoms with Gasteiger partial charge in [-0.1, -0.05) is 6.07 Å². The Morgan fingerprint density at radius 1 is 1.22 bits per heavy atom. The Labute approximate surface area is 139 Å². The van der Waals surface area contributed by atoms with Crippen molar-refractivity contribution in [1.82, 2.24) is 19.4 Å². The Hall–Kier alpha value is -1.99. The highest BCUT2D eigenvalue weighted by Crippen LogP contribution is 2.13. The van der Waals surface area contributed by atoms with Crippen LogP contribution in [0.2, 0.25) is 0 Å². The van der Waals surface area contributed by atoms with Crippen LogP contribution in [0.1, 0.15) is 11.3 Å². The molecule has 2 aromatic rings. The van der Waals surface area contributed by atoms with Gasteiger partial charge in [0.1, 0.15) is 6.54 Å². The summed E-state index contributed by atoms with van der Waals surface area (Å²) in [6, 6.07) is 5.88. The molecule has 6 nitrogen and oxygen atoms in total. The highest BCUT2D eigenvalue weighted by molar-refractivity contribution is 7.09. The lowest BCUT2D eigenvalue weighted by molar-refractivity contribution is -0.131. The quantitative estimate of drug-likeness (QED) is 0.839. The van der Waals surface area contributed by atoms with E-state index in [0.29, 0.717) is 6.54 Å². The van der Waals surface area contributed by atoms with Gasteiger partial charge in [-0.05, 0) is 23.9 Å². The van der Waals surface area contributed by atoms with Crippen LogP contribution in [0.15, 0.2) is 40.8 Å². The molecule has 7 heteroatoms. The maximum atomic E-state index is 12.4. The fourth-order valence-corrected chi connectivity index (χ4v) is 3.50. The first kappa shape index (κ1) is 15.9. The summed E-state index contributed by atoms with van der Waals surface area (Å²) in [6.07, 6.45) is 4.00. The minimum atomic E-state index is -0.380. The second-order valence-electron chi connectivity index (χ2n) is 5.62. The molecule has 1 aliphatic heterocycles.